The first-order valence-electron chi connectivity index (χ1n) is 6.74. The Hall–Kier alpha value is -1.19. The van der Waals surface area contributed by atoms with E-state index in [4.69, 9.17) is 4.74 Å². The molecule has 0 aromatic rings. The van der Waals surface area contributed by atoms with Crippen LogP contribution in [0, 0.1) is 34.5 Å². The Morgan fingerprint density at radius 1 is 1.06 bits per heavy atom. The molecule has 3 nitrogen and oxygen atoms in total. The number of allylic oxidation sites excluding steroid dienone is 2. The fraction of sp³-hybridized carbons (Fsp3) is 0.714. The van der Waals surface area contributed by atoms with Gasteiger partial charge in [0.25, 0.3) is 0 Å². The third-order valence-electron chi connectivity index (χ3n) is 6.53. The third kappa shape index (κ3) is 0.580. The summed E-state index contributed by atoms with van der Waals surface area (Å²) in [4.78, 5) is 24.7. The molecule has 6 unspecified atom stereocenters. The van der Waals surface area contributed by atoms with E-state index in [9.17, 15) is 14.0 Å². The molecule has 4 bridgehead atoms. The fourth-order valence-corrected chi connectivity index (χ4v) is 6.26. The van der Waals surface area contributed by atoms with Crippen LogP contribution in [0.2, 0.25) is 0 Å². The molecule has 1 saturated heterocycles. The Balaban J connectivity index is 1.89. The molecule has 5 rings (SSSR count). The van der Waals surface area contributed by atoms with E-state index in [1.807, 2.05) is 12.2 Å². The zero-order chi connectivity index (χ0) is 12.3. The van der Waals surface area contributed by atoms with Crippen LogP contribution in [0.1, 0.15) is 19.3 Å². The van der Waals surface area contributed by atoms with Gasteiger partial charge in [-0.3, -0.25) is 9.59 Å². The lowest BCUT2D eigenvalue weighted by Gasteiger charge is -2.43. The van der Waals surface area contributed by atoms with E-state index in [0.29, 0.717) is 0 Å². The first-order valence-corrected chi connectivity index (χ1v) is 6.74. The second-order valence-electron chi connectivity index (χ2n) is 6.48. The molecule has 4 heteroatoms. The molecular formula is C14H13FO3. The Morgan fingerprint density at radius 3 is 2.06 bits per heavy atom. The number of ether oxygens (including phenoxy) is 1. The van der Waals surface area contributed by atoms with Crippen LogP contribution in [-0.4, -0.2) is 18.1 Å². The van der Waals surface area contributed by atoms with Crippen molar-refractivity contribution in [3.05, 3.63) is 12.2 Å². The van der Waals surface area contributed by atoms with Gasteiger partial charge in [-0.1, -0.05) is 12.2 Å². The second kappa shape index (κ2) is 2.43. The van der Waals surface area contributed by atoms with Crippen LogP contribution in [0.4, 0.5) is 4.39 Å². The molecule has 6 atom stereocenters. The molecule has 0 spiro atoms. The minimum Gasteiger partial charge on any atom is -0.392 e. The van der Waals surface area contributed by atoms with E-state index in [0.717, 1.165) is 19.3 Å². The number of halogens is 1. The molecular weight excluding hydrogens is 235 g/mol. The smallest absolute Gasteiger partial charge is 0.321 e. The van der Waals surface area contributed by atoms with Gasteiger partial charge in [0.15, 0.2) is 0 Å². The monoisotopic (exact) mass is 248 g/mol. The molecule has 1 heterocycles. The zero-order valence-electron chi connectivity index (χ0n) is 9.77. The Morgan fingerprint density at radius 2 is 1.56 bits per heavy atom. The lowest BCUT2D eigenvalue weighted by atomic mass is 9.53. The predicted molar refractivity (Wildman–Crippen MR) is 57.8 cm³/mol. The van der Waals surface area contributed by atoms with E-state index in [1.165, 1.54) is 0 Å². The fourth-order valence-electron chi connectivity index (χ4n) is 6.26. The SMILES string of the molecule is O=C1OC(=O)C23C4C=CC(C4)C12C1CCC3C1F. The van der Waals surface area contributed by atoms with E-state index >= 15 is 0 Å². The van der Waals surface area contributed by atoms with E-state index < -0.39 is 28.9 Å². The summed E-state index contributed by atoms with van der Waals surface area (Å²) in [6.07, 6.45) is 5.35. The van der Waals surface area contributed by atoms with Gasteiger partial charge in [0.05, 0.1) is 10.8 Å². The zero-order valence-corrected chi connectivity index (χ0v) is 9.77. The standard InChI is InChI=1S/C14H13FO3/c15-10-8-3-4-9(10)14-7-2-1-6(5-7)13(8,14)11(16)18-12(14)17/h1-2,6-10H,3-5H2. The molecule has 3 saturated carbocycles. The van der Waals surface area contributed by atoms with Crippen molar-refractivity contribution in [3.8, 4) is 0 Å². The molecule has 0 N–H and O–H groups in total. The van der Waals surface area contributed by atoms with Crippen molar-refractivity contribution >= 4 is 11.9 Å². The van der Waals surface area contributed by atoms with Crippen LogP contribution in [0.5, 0.6) is 0 Å². The van der Waals surface area contributed by atoms with Crippen molar-refractivity contribution in [1.29, 1.82) is 0 Å². The molecule has 1 aliphatic heterocycles. The number of esters is 2. The number of rotatable bonds is 0. The molecule has 0 radical (unpaired) electrons. The molecule has 4 aliphatic carbocycles. The van der Waals surface area contributed by atoms with Crippen LogP contribution in [0.15, 0.2) is 12.2 Å². The summed E-state index contributed by atoms with van der Waals surface area (Å²) in [6, 6.07) is 0. The lowest BCUT2D eigenvalue weighted by Crippen LogP contribution is -2.51. The van der Waals surface area contributed by atoms with Crippen molar-refractivity contribution in [2.24, 2.45) is 34.5 Å². The van der Waals surface area contributed by atoms with E-state index in [1.54, 1.807) is 0 Å². The van der Waals surface area contributed by atoms with Crippen molar-refractivity contribution in [2.45, 2.75) is 25.4 Å². The molecule has 5 aliphatic rings. The number of hydrogen-bond donors (Lipinski definition) is 0. The van der Waals surface area contributed by atoms with Gasteiger partial charge < -0.3 is 4.74 Å². The topological polar surface area (TPSA) is 43.4 Å². The Kier molecular flexibility index (Phi) is 1.31. The maximum Gasteiger partial charge on any atom is 0.321 e. The average molecular weight is 248 g/mol. The van der Waals surface area contributed by atoms with Crippen molar-refractivity contribution in [1.82, 2.24) is 0 Å². The second-order valence-corrected chi connectivity index (χ2v) is 6.48. The van der Waals surface area contributed by atoms with Gasteiger partial charge in [-0.05, 0) is 31.1 Å². The Bertz CT molecular complexity index is 497. The molecule has 94 valence electrons. The largest absolute Gasteiger partial charge is 0.392 e. The van der Waals surface area contributed by atoms with Gasteiger partial charge in [-0.25, -0.2) is 4.39 Å². The number of carbonyl (C=O) groups is 2. The highest BCUT2D eigenvalue weighted by Crippen LogP contribution is 2.81. The van der Waals surface area contributed by atoms with Gasteiger partial charge in [0.1, 0.15) is 6.17 Å². The van der Waals surface area contributed by atoms with Crippen LogP contribution in [0.25, 0.3) is 0 Å². The highest BCUT2D eigenvalue weighted by molar-refractivity contribution is 6.05. The van der Waals surface area contributed by atoms with Gasteiger partial charge >= 0.3 is 11.9 Å². The third-order valence-corrected chi connectivity index (χ3v) is 6.53. The summed E-state index contributed by atoms with van der Waals surface area (Å²) in [5.74, 6) is -1.40. The predicted octanol–water partition coefficient (Wildman–Crippen LogP) is 1.63. The number of cyclic esters (lactones) is 2. The van der Waals surface area contributed by atoms with Crippen LogP contribution in [0.3, 0.4) is 0 Å². The van der Waals surface area contributed by atoms with Gasteiger partial charge in [-0.2, -0.15) is 0 Å². The van der Waals surface area contributed by atoms with Gasteiger partial charge in [0, 0.05) is 11.8 Å². The molecule has 18 heavy (non-hydrogen) atoms. The number of carbonyl (C=O) groups excluding carboxylic acids is 2. The summed E-state index contributed by atoms with van der Waals surface area (Å²) < 4.78 is 19.5. The Labute approximate surface area is 103 Å². The van der Waals surface area contributed by atoms with Crippen molar-refractivity contribution in [3.63, 3.8) is 0 Å². The average Bonchev–Trinajstić information content (AvgIpc) is 3.08. The van der Waals surface area contributed by atoms with Crippen molar-refractivity contribution in [2.75, 3.05) is 0 Å². The quantitative estimate of drug-likeness (QED) is 0.372. The minimum atomic E-state index is -0.994. The minimum absolute atomic E-state index is 0.0231. The maximum absolute atomic E-state index is 14.5. The maximum atomic E-state index is 14.5. The summed E-state index contributed by atoms with van der Waals surface area (Å²) >= 11 is 0. The van der Waals surface area contributed by atoms with Crippen molar-refractivity contribution < 1.29 is 18.7 Å². The molecule has 0 aromatic heterocycles. The van der Waals surface area contributed by atoms with Crippen LogP contribution >= 0.6 is 0 Å². The highest BCUT2D eigenvalue weighted by Gasteiger charge is 2.89. The van der Waals surface area contributed by atoms with E-state index in [2.05, 4.69) is 0 Å². The number of hydrogen-bond acceptors (Lipinski definition) is 3. The number of fused-ring (bicyclic) bond motifs is 4. The molecule has 4 fully saturated rings. The number of alkyl halides is 1. The van der Waals surface area contributed by atoms with Crippen LogP contribution in [-0.2, 0) is 14.3 Å². The van der Waals surface area contributed by atoms with E-state index in [-0.39, 0.29) is 23.7 Å². The molecule has 0 amide bonds. The summed E-state index contributed by atoms with van der Waals surface area (Å²) in [7, 11) is 0. The highest BCUT2D eigenvalue weighted by atomic mass is 19.1. The summed E-state index contributed by atoms with van der Waals surface area (Å²) in [6.45, 7) is 0. The lowest BCUT2D eigenvalue weighted by molar-refractivity contribution is -0.159. The van der Waals surface area contributed by atoms with Gasteiger partial charge in [-0.15, -0.1) is 0 Å². The summed E-state index contributed by atoms with van der Waals surface area (Å²) in [5.41, 5.74) is -1.68. The summed E-state index contributed by atoms with van der Waals surface area (Å²) in [5, 5.41) is 0. The first kappa shape index (κ1) is 9.70. The first-order chi connectivity index (χ1) is 8.65. The van der Waals surface area contributed by atoms with Gasteiger partial charge in [0.2, 0.25) is 0 Å². The normalized spacial score (nSPS) is 62.4. The van der Waals surface area contributed by atoms with Crippen LogP contribution < -0.4 is 0 Å². The molecule has 0 aromatic carbocycles.